The second kappa shape index (κ2) is 7.50. The Bertz CT molecular complexity index is 774. The van der Waals surface area contributed by atoms with E-state index in [4.69, 9.17) is 19.7 Å². The van der Waals surface area contributed by atoms with Crippen molar-refractivity contribution >= 4 is 28.9 Å². The number of ether oxygens (including phenoxy) is 1. The molecule has 0 spiro atoms. The summed E-state index contributed by atoms with van der Waals surface area (Å²) in [5.74, 6) is 2.77. The van der Waals surface area contributed by atoms with Gasteiger partial charge in [-0.25, -0.2) is 0 Å². The topological polar surface area (TPSA) is 73.4 Å². The van der Waals surface area contributed by atoms with Crippen molar-refractivity contribution in [3.05, 3.63) is 0 Å². The van der Waals surface area contributed by atoms with Crippen molar-refractivity contribution in [3.63, 3.8) is 0 Å². The Hall–Kier alpha value is -2.09. The summed E-state index contributed by atoms with van der Waals surface area (Å²) in [4.78, 5) is 25.3. The highest BCUT2D eigenvalue weighted by Crippen LogP contribution is 2.29. The summed E-state index contributed by atoms with van der Waals surface area (Å²) in [7, 11) is 0. The van der Waals surface area contributed by atoms with Gasteiger partial charge < -0.3 is 24.4 Å². The third-order valence-corrected chi connectivity index (χ3v) is 5.91. The molecule has 1 N–H and O–H groups in total. The molecular formula is C19H29N7O. The molecule has 8 nitrogen and oxygen atoms in total. The maximum absolute atomic E-state index is 5.55. The van der Waals surface area contributed by atoms with Gasteiger partial charge in [0.1, 0.15) is 5.52 Å². The summed E-state index contributed by atoms with van der Waals surface area (Å²) >= 11 is 0. The molecule has 0 bridgehead atoms. The van der Waals surface area contributed by atoms with Crippen molar-refractivity contribution < 1.29 is 4.74 Å². The number of hydrogen-bond acceptors (Lipinski definition) is 7. The maximum atomic E-state index is 5.55. The van der Waals surface area contributed by atoms with E-state index in [1.54, 1.807) is 0 Å². The Morgan fingerprint density at radius 1 is 0.667 bits per heavy atom. The number of rotatable bonds is 3. The molecule has 2 aromatic heterocycles. The van der Waals surface area contributed by atoms with Gasteiger partial charge >= 0.3 is 0 Å². The Labute approximate surface area is 159 Å². The van der Waals surface area contributed by atoms with Crippen molar-refractivity contribution in [2.24, 2.45) is 0 Å². The summed E-state index contributed by atoms with van der Waals surface area (Å²) in [6.07, 6.45) is 7.52. The van der Waals surface area contributed by atoms with Crippen LogP contribution < -0.4 is 14.7 Å². The number of piperidine rings is 2. The minimum Gasteiger partial charge on any atom is -0.378 e. The second-order valence-electron chi connectivity index (χ2n) is 7.80. The molecular weight excluding hydrogens is 342 g/mol. The highest BCUT2D eigenvalue weighted by atomic mass is 16.5. The van der Waals surface area contributed by atoms with Crippen molar-refractivity contribution in [2.45, 2.75) is 38.5 Å². The molecule has 2 aromatic rings. The largest absolute Gasteiger partial charge is 0.378 e. The number of aromatic nitrogens is 4. The lowest BCUT2D eigenvalue weighted by molar-refractivity contribution is 0.122. The van der Waals surface area contributed by atoms with Crippen LogP contribution in [0.25, 0.3) is 11.2 Å². The first-order chi connectivity index (χ1) is 13.4. The zero-order valence-electron chi connectivity index (χ0n) is 16.0. The number of nitrogens with zero attached hydrogens (tertiary/aromatic N) is 6. The van der Waals surface area contributed by atoms with Crippen molar-refractivity contribution in [3.8, 4) is 0 Å². The van der Waals surface area contributed by atoms with Crippen LogP contribution in [0, 0.1) is 0 Å². The van der Waals surface area contributed by atoms with E-state index >= 15 is 0 Å². The van der Waals surface area contributed by atoms with Crippen LogP contribution in [0.4, 0.5) is 17.7 Å². The number of H-pyrrole nitrogens is 1. The second-order valence-corrected chi connectivity index (χ2v) is 7.80. The molecule has 0 amide bonds. The summed E-state index contributed by atoms with van der Waals surface area (Å²) in [5.41, 5.74) is 1.77. The zero-order valence-corrected chi connectivity index (χ0v) is 16.0. The van der Waals surface area contributed by atoms with Gasteiger partial charge in [-0.3, -0.25) is 0 Å². The van der Waals surface area contributed by atoms with Gasteiger partial charge in [0.2, 0.25) is 11.9 Å². The number of hydrogen-bond donors (Lipinski definition) is 1. The van der Waals surface area contributed by atoms with Gasteiger partial charge in [-0.2, -0.15) is 15.0 Å². The number of imidazole rings is 1. The highest BCUT2D eigenvalue weighted by molar-refractivity contribution is 5.86. The van der Waals surface area contributed by atoms with Crippen LogP contribution in [0.15, 0.2) is 0 Å². The van der Waals surface area contributed by atoms with Gasteiger partial charge in [-0.1, -0.05) is 0 Å². The Morgan fingerprint density at radius 2 is 1.33 bits per heavy atom. The van der Waals surface area contributed by atoms with Crippen LogP contribution in [-0.2, 0) is 4.74 Å². The van der Waals surface area contributed by atoms with E-state index < -0.39 is 0 Å². The normalized spacial score (nSPS) is 21.9. The van der Waals surface area contributed by atoms with E-state index in [2.05, 4.69) is 19.7 Å². The zero-order chi connectivity index (χ0) is 18.1. The van der Waals surface area contributed by atoms with Crippen molar-refractivity contribution in [1.29, 1.82) is 0 Å². The Morgan fingerprint density at radius 3 is 2.04 bits per heavy atom. The minimum atomic E-state index is 0.748. The standard InChI is InChI=1S/C19H29N7O/c1-3-7-25(8-4-1)18-20-15-16(21-18)22-19(26-9-5-2-6-10-26)23-17(15)24-11-13-27-14-12-24/h1-14H2,(H,20,21,22,23). The van der Waals surface area contributed by atoms with E-state index in [1.807, 2.05) is 0 Å². The Kier molecular flexibility index (Phi) is 4.73. The fourth-order valence-electron chi connectivity index (χ4n) is 4.35. The molecule has 3 saturated heterocycles. The van der Waals surface area contributed by atoms with Gasteiger partial charge in [0.05, 0.1) is 13.2 Å². The molecule has 8 heteroatoms. The number of nitrogens with one attached hydrogen (secondary N) is 1. The molecule has 3 aliphatic rings. The lowest BCUT2D eigenvalue weighted by Crippen LogP contribution is -2.38. The first kappa shape index (κ1) is 17.0. The van der Waals surface area contributed by atoms with Crippen LogP contribution in [0.3, 0.4) is 0 Å². The van der Waals surface area contributed by atoms with E-state index in [9.17, 15) is 0 Å². The summed E-state index contributed by atoms with van der Waals surface area (Å²) in [6, 6.07) is 0. The smallest absolute Gasteiger partial charge is 0.229 e. The van der Waals surface area contributed by atoms with Gasteiger partial charge in [0, 0.05) is 39.3 Å². The summed E-state index contributed by atoms with van der Waals surface area (Å²) in [6.45, 7) is 7.44. The molecule has 3 aliphatic heterocycles. The fraction of sp³-hybridized carbons (Fsp3) is 0.737. The van der Waals surface area contributed by atoms with Gasteiger partial charge in [-0.05, 0) is 38.5 Å². The molecule has 0 aliphatic carbocycles. The molecule has 0 aromatic carbocycles. The molecule has 3 fully saturated rings. The number of fused-ring (bicyclic) bond motifs is 1. The van der Waals surface area contributed by atoms with E-state index in [1.165, 1.54) is 38.5 Å². The lowest BCUT2D eigenvalue weighted by atomic mass is 10.1. The van der Waals surface area contributed by atoms with Crippen LogP contribution in [0.2, 0.25) is 0 Å². The monoisotopic (exact) mass is 371 g/mol. The molecule has 0 radical (unpaired) electrons. The van der Waals surface area contributed by atoms with Crippen molar-refractivity contribution in [1.82, 2.24) is 19.9 Å². The van der Waals surface area contributed by atoms with Crippen LogP contribution in [-0.4, -0.2) is 72.4 Å². The third-order valence-electron chi connectivity index (χ3n) is 5.91. The first-order valence-corrected chi connectivity index (χ1v) is 10.5. The SMILES string of the molecule is C1CCN(c2nc(N3CCOCC3)c3[nH]c(N4CCCCC4)nc3n2)CC1. The van der Waals surface area contributed by atoms with Gasteiger partial charge in [0.25, 0.3) is 0 Å². The van der Waals surface area contributed by atoms with E-state index in [-0.39, 0.29) is 0 Å². The highest BCUT2D eigenvalue weighted by Gasteiger charge is 2.24. The van der Waals surface area contributed by atoms with Crippen LogP contribution in [0.5, 0.6) is 0 Å². The number of anilines is 3. The lowest BCUT2D eigenvalue weighted by Gasteiger charge is -2.30. The van der Waals surface area contributed by atoms with Gasteiger partial charge in [-0.15, -0.1) is 0 Å². The third kappa shape index (κ3) is 3.42. The molecule has 5 rings (SSSR count). The molecule has 146 valence electrons. The Balaban J connectivity index is 1.55. The maximum Gasteiger partial charge on any atom is 0.229 e. The minimum absolute atomic E-state index is 0.748. The predicted molar refractivity (Wildman–Crippen MR) is 107 cm³/mol. The van der Waals surface area contributed by atoms with Crippen LogP contribution >= 0.6 is 0 Å². The van der Waals surface area contributed by atoms with Crippen molar-refractivity contribution in [2.75, 3.05) is 67.2 Å². The first-order valence-electron chi connectivity index (χ1n) is 10.5. The number of aromatic amines is 1. The number of morpholine rings is 1. The average molecular weight is 371 g/mol. The summed E-state index contributed by atoms with van der Waals surface area (Å²) < 4.78 is 5.55. The van der Waals surface area contributed by atoms with Crippen LogP contribution in [0.1, 0.15) is 38.5 Å². The average Bonchev–Trinajstić information content (AvgIpc) is 3.19. The fourth-order valence-corrected chi connectivity index (χ4v) is 4.35. The van der Waals surface area contributed by atoms with E-state index in [0.717, 1.165) is 81.4 Å². The summed E-state index contributed by atoms with van der Waals surface area (Å²) in [5, 5.41) is 0. The molecule has 5 heterocycles. The predicted octanol–water partition coefficient (Wildman–Crippen LogP) is 2.17. The quantitative estimate of drug-likeness (QED) is 0.886. The van der Waals surface area contributed by atoms with E-state index in [0.29, 0.717) is 0 Å². The molecule has 0 unspecified atom stereocenters. The molecule has 0 saturated carbocycles. The molecule has 27 heavy (non-hydrogen) atoms. The molecule has 0 atom stereocenters. The van der Waals surface area contributed by atoms with Gasteiger partial charge in [0.15, 0.2) is 11.5 Å².